The smallest absolute Gasteiger partial charge is 0.270 e. The predicted molar refractivity (Wildman–Crippen MR) is 91.5 cm³/mol. The van der Waals surface area contributed by atoms with E-state index in [0.29, 0.717) is 23.5 Å². The Labute approximate surface area is 139 Å². The molecule has 1 amide bonds. The number of fused-ring (bicyclic) bond motifs is 1. The van der Waals surface area contributed by atoms with E-state index < -0.39 is 0 Å². The van der Waals surface area contributed by atoms with Gasteiger partial charge in [0.25, 0.3) is 5.91 Å². The number of terminal acetylenes is 1. The van der Waals surface area contributed by atoms with Gasteiger partial charge in [-0.15, -0.1) is 6.42 Å². The second kappa shape index (κ2) is 7.25. The topological polar surface area (TPSA) is 64.1 Å². The fraction of sp³-hybridized carbons (Fsp3) is 0.105. The van der Waals surface area contributed by atoms with E-state index in [2.05, 4.69) is 21.2 Å². The van der Waals surface area contributed by atoms with E-state index in [9.17, 15) is 4.79 Å². The summed E-state index contributed by atoms with van der Waals surface area (Å²) < 4.78 is 5.37. The van der Waals surface area contributed by atoms with Crippen LogP contribution < -0.4 is 10.1 Å². The highest BCUT2D eigenvalue weighted by Gasteiger charge is 2.08. The minimum Gasteiger partial charge on any atom is -0.481 e. The third-order valence-electron chi connectivity index (χ3n) is 3.36. The van der Waals surface area contributed by atoms with Crippen LogP contribution in [0.1, 0.15) is 16.1 Å². The summed E-state index contributed by atoms with van der Waals surface area (Å²) in [6.07, 6.45) is 6.87. The normalized spacial score (nSPS) is 10.1. The van der Waals surface area contributed by atoms with Gasteiger partial charge in [0.15, 0.2) is 0 Å². The van der Waals surface area contributed by atoms with Crippen molar-refractivity contribution >= 4 is 16.9 Å². The van der Waals surface area contributed by atoms with Gasteiger partial charge in [-0.25, -0.2) is 4.98 Å². The van der Waals surface area contributed by atoms with Crippen LogP contribution in [0.3, 0.4) is 0 Å². The number of hydrogen-bond acceptors (Lipinski definition) is 4. The molecule has 0 aliphatic rings. The zero-order chi connectivity index (χ0) is 16.8. The Bertz CT molecular complexity index is 916. The molecule has 2 heterocycles. The number of hydrogen-bond donors (Lipinski definition) is 1. The van der Waals surface area contributed by atoms with Crippen molar-refractivity contribution in [2.75, 3.05) is 6.61 Å². The number of rotatable bonds is 5. The van der Waals surface area contributed by atoms with E-state index in [1.807, 2.05) is 30.3 Å². The van der Waals surface area contributed by atoms with Gasteiger partial charge in [-0.3, -0.25) is 9.78 Å². The number of ether oxygens (including phenoxy) is 1. The highest BCUT2D eigenvalue weighted by atomic mass is 16.5. The quantitative estimate of drug-likeness (QED) is 0.735. The Morgan fingerprint density at radius 1 is 1.17 bits per heavy atom. The molecule has 5 nitrogen and oxygen atoms in total. The first kappa shape index (κ1) is 15.5. The van der Waals surface area contributed by atoms with Crippen molar-refractivity contribution < 1.29 is 9.53 Å². The van der Waals surface area contributed by atoms with Crippen LogP contribution in [0.4, 0.5) is 0 Å². The summed E-state index contributed by atoms with van der Waals surface area (Å²) in [5, 5.41) is 2.85. The lowest BCUT2D eigenvalue weighted by molar-refractivity contribution is 0.0946. The molecule has 3 aromatic rings. The lowest BCUT2D eigenvalue weighted by Crippen LogP contribution is -2.23. The standard InChI is InChI=1S/C19H15N3O2/c1-2-11-24-15-6-3-5-14(12-15)13-21-19(23)18-9-8-16-17(22-18)7-4-10-20-16/h1,3-10,12H,11,13H2,(H,21,23). The Morgan fingerprint density at radius 2 is 2.08 bits per heavy atom. The molecular weight excluding hydrogens is 302 g/mol. The maximum absolute atomic E-state index is 12.3. The zero-order valence-corrected chi connectivity index (χ0v) is 12.9. The van der Waals surface area contributed by atoms with Crippen LogP contribution in [0.15, 0.2) is 54.7 Å². The van der Waals surface area contributed by atoms with Crippen LogP contribution in [0.5, 0.6) is 5.75 Å². The van der Waals surface area contributed by atoms with Crippen LogP contribution in [0, 0.1) is 12.3 Å². The van der Waals surface area contributed by atoms with Gasteiger partial charge in [0.05, 0.1) is 11.0 Å². The zero-order valence-electron chi connectivity index (χ0n) is 12.9. The van der Waals surface area contributed by atoms with E-state index in [-0.39, 0.29) is 12.5 Å². The average molecular weight is 317 g/mol. The second-order valence-electron chi connectivity index (χ2n) is 5.06. The fourth-order valence-electron chi connectivity index (χ4n) is 2.23. The number of nitrogens with zero attached hydrogens (tertiary/aromatic N) is 2. The number of amides is 1. The van der Waals surface area contributed by atoms with Gasteiger partial charge in [0, 0.05) is 12.7 Å². The van der Waals surface area contributed by atoms with E-state index in [1.165, 1.54) is 0 Å². The highest BCUT2D eigenvalue weighted by molar-refractivity contribution is 5.94. The molecule has 0 bridgehead atoms. The summed E-state index contributed by atoms with van der Waals surface area (Å²) in [5.41, 5.74) is 2.72. The third-order valence-corrected chi connectivity index (χ3v) is 3.36. The van der Waals surface area contributed by atoms with Crippen LogP contribution >= 0.6 is 0 Å². The Morgan fingerprint density at radius 3 is 2.96 bits per heavy atom. The van der Waals surface area contributed by atoms with Gasteiger partial charge in [-0.1, -0.05) is 18.1 Å². The predicted octanol–water partition coefficient (Wildman–Crippen LogP) is 2.57. The molecule has 0 spiro atoms. The first-order chi connectivity index (χ1) is 11.8. The summed E-state index contributed by atoms with van der Waals surface area (Å²) in [6.45, 7) is 0.587. The average Bonchev–Trinajstić information content (AvgIpc) is 2.64. The summed E-state index contributed by atoms with van der Waals surface area (Å²) in [7, 11) is 0. The molecule has 1 aromatic carbocycles. The molecule has 0 saturated carbocycles. The minimum absolute atomic E-state index is 0.213. The van der Waals surface area contributed by atoms with Crippen molar-refractivity contribution in [2.24, 2.45) is 0 Å². The third kappa shape index (κ3) is 3.68. The van der Waals surface area contributed by atoms with E-state index in [4.69, 9.17) is 11.2 Å². The summed E-state index contributed by atoms with van der Waals surface area (Å²) in [4.78, 5) is 20.8. The Balaban J connectivity index is 1.67. The lowest BCUT2D eigenvalue weighted by atomic mass is 10.2. The van der Waals surface area contributed by atoms with Crippen LogP contribution in [-0.4, -0.2) is 22.5 Å². The lowest BCUT2D eigenvalue weighted by Gasteiger charge is -2.08. The van der Waals surface area contributed by atoms with Crippen LogP contribution in [0.2, 0.25) is 0 Å². The molecule has 0 unspecified atom stereocenters. The number of benzene rings is 1. The second-order valence-corrected chi connectivity index (χ2v) is 5.06. The largest absolute Gasteiger partial charge is 0.481 e. The van der Waals surface area contributed by atoms with Gasteiger partial charge < -0.3 is 10.1 Å². The molecule has 24 heavy (non-hydrogen) atoms. The number of nitrogens with one attached hydrogen (secondary N) is 1. The monoisotopic (exact) mass is 317 g/mol. The van der Waals surface area contributed by atoms with Crippen molar-refractivity contribution in [3.05, 3.63) is 66.0 Å². The molecule has 0 aliphatic heterocycles. The Hall–Kier alpha value is -3.39. The van der Waals surface area contributed by atoms with Crippen LogP contribution in [-0.2, 0) is 6.54 Å². The summed E-state index contributed by atoms with van der Waals surface area (Å²) >= 11 is 0. The van der Waals surface area contributed by atoms with Gasteiger partial charge in [-0.2, -0.15) is 0 Å². The van der Waals surface area contributed by atoms with Crippen molar-refractivity contribution in [3.63, 3.8) is 0 Å². The SMILES string of the molecule is C#CCOc1cccc(CNC(=O)c2ccc3ncccc3n2)c1. The highest BCUT2D eigenvalue weighted by Crippen LogP contribution is 2.13. The molecule has 0 atom stereocenters. The molecule has 0 aliphatic carbocycles. The fourth-order valence-corrected chi connectivity index (χ4v) is 2.23. The molecule has 0 fully saturated rings. The number of carbonyl (C=O) groups is 1. The molecule has 118 valence electrons. The van der Waals surface area contributed by atoms with E-state index in [0.717, 1.165) is 11.1 Å². The summed E-state index contributed by atoms with van der Waals surface area (Å²) in [6, 6.07) is 14.5. The molecule has 2 aromatic heterocycles. The maximum Gasteiger partial charge on any atom is 0.270 e. The van der Waals surface area contributed by atoms with Gasteiger partial charge in [0.2, 0.25) is 0 Å². The molecule has 3 rings (SSSR count). The van der Waals surface area contributed by atoms with Gasteiger partial charge >= 0.3 is 0 Å². The first-order valence-corrected chi connectivity index (χ1v) is 7.41. The minimum atomic E-state index is -0.240. The van der Waals surface area contributed by atoms with E-state index in [1.54, 1.807) is 24.4 Å². The van der Waals surface area contributed by atoms with Crippen LogP contribution in [0.25, 0.3) is 11.0 Å². The molecule has 0 radical (unpaired) electrons. The number of carbonyl (C=O) groups excluding carboxylic acids is 1. The Kier molecular flexibility index (Phi) is 4.68. The number of pyridine rings is 2. The molecule has 0 saturated heterocycles. The van der Waals surface area contributed by atoms with E-state index >= 15 is 0 Å². The number of aromatic nitrogens is 2. The van der Waals surface area contributed by atoms with Crippen molar-refractivity contribution in [1.82, 2.24) is 15.3 Å². The molecule has 5 heteroatoms. The van der Waals surface area contributed by atoms with Gasteiger partial charge in [0.1, 0.15) is 18.1 Å². The molecular formula is C19H15N3O2. The first-order valence-electron chi connectivity index (χ1n) is 7.41. The van der Waals surface area contributed by atoms with Crippen molar-refractivity contribution in [3.8, 4) is 18.1 Å². The molecule has 1 N–H and O–H groups in total. The van der Waals surface area contributed by atoms with Gasteiger partial charge in [-0.05, 0) is 42.0 Å². The van der Waals surface area contributed by atoms with Crippen molar-refractivity contribution in [1.29, 1.82) is 0 Å². The van der Waals surface area contributed by atoms with Crippen molar-refractivity contribution in [2.45, 2.75) is 6.54 Å². The summed E-state index contributed by atoms with van der Waals surface area (Å²) in [5.74, 6) is 2.85. The maximum atomic E-state index is 12.3.